The van der Waals surface area contributed by atoms with Crippen LogP contribution in [0.2, 0.25) is 0 Å². The Hall–Kier alpha value is -3.89. The first-order valence-electron chi connectivity index (χ1n) is 13.3. The number of nitrogens with one attached hydrogen (secondary N) is 2. The van der Waals surface area contributed by atoms with E-state index in [1.54, 1.807) is 25.2 Å². The molecule has 204 valence electrons. The molecule has 2 saturated heterocycles. The molecule has 4 amide bonds. The second-order valence-corrected chi connectivity index (χ2v) is 9.95. The highest BCUT2D eigenvalue weighted by Crippen LogP contribution is 2.30. The maximum atomic E-state index is 12.1. The molecular formula is C27H38N8O3. The van der Waals surface area contributed by atoms with Crippen LogP contribution in [0.5, 0.6) is 0 Å². The number of hydrogen-bond acceptors (Lipinski definition) is 7. The number of hydrogen-bond donors (Lipinski definition) is 3. The van der Waals surface area contributed by atoms with E-state index >= 15 is 0 Å². The molecule has 0 radical (unpaired) electrons. The summed E-state index contributed by atoms with van der Waals surface area (Å²) >= 11 is 0. The summed E-state index contributed by atoms with van der Waals surface area (Å²) in [4.78, 5) is 50.9. The number of benzene rings is 1. The topological polar surface area (TPSA) is 137 Å². The average Bonchev–Trinajstić information content (AvgIpc) is 2.96. The minimum atomic E-state index is -0.660. The highest BCUT2D eigenvalue weighted by Gasteiger charge is 2.28. The number of amides is 4. The van der Waals surface area contributed by atoms with Crippen molar-refractivity contribution in [1.82, 2.24) is 25.1 Å². The normalized spacial score (nSPS) is 18.1. The van der Waals surface area contributed by atoms with Crippen LogP contribution in [0.25, 0.3) is 0 Å². The molecule has 1 aromatic carbocycles. The molecule has 11 nitrogen and oxygen atoms in total. The predicted molar refractivity (Wildman–Crippen MR) is 147 cm³/mol. The third kappa shape index (κ3) is 6.15. The van der Waals surface area contributed by atoms with Crippen LogP contribution >= 0.6 is 0 Å². The molecule has 0 spiro atoms. The molecule has 0 bridgehead atoms. The number of primary amides is 1. The third-order valence-corrected chi connectivity index (χ3v) is 7.59. The number of urea groups is 1. The number of carbonyl (C=O) groups is 3. The highest BCUT2D eigenvalue weighted by molar-refractivity contribution is 5.96. The van der Waals surface area contributed by atoms with Crippen molar-refractivity contribution in [3.63, 3.8) is 0 Å². The SMILES string of the molecule is CCC(=O)N1CCC(c2ccc(Nc3nc(N4CCC[C@@H](N(C)C(=O)NC)C4)cnc3C(N)=O)cc2)CC1. The van der Waals surface area contributed by atoms with E-state index in [1.165, 1.54) is 5.56 Å². The van der Waals surface area contributed by atoms with Gasteiger partial charge in [0, 0.05) is 52.4 Å². The molecule has 1 atom stereocenters. The van der Waals surface area contributed by atoms with Gasteiger partial charge in [-0.25, -0.2) is 14.8 Å². The second-order valence-electron chi connectivity index (χ2n) is 9.95. The standard InChI is InChI=1S/C27H38N8O3/c1-4-23(36)34-14-11-19(12-15-34)18-7-9-20(10-8-18)31-26-24(25(28)37)30-16-22(32-26)35-13-5-6-21(17-35)33(3)27(38)29-2/h7-10,16,19,21H,4-6,11-15,17H2,1-3H3,(H2,28,37)(H,29,38)(H,31,32)/t21-/m1/s1. The van der Waals surface area contributed by atoms with Crippen LogP contribution in [0.3, 0.4) is 0 Å². The fourth-order valence-corrected chi connectivity index (χ4v) is 5.28. The van der Waals surface area contributed by atoms with Crippen molar-refractivity contribution in [2.75, 3.05) is 50.5 Å². The summed E-state index contributed by atoms with van der Waals surface area (Å²) in [5.74, 6) is 0.894. The van der Waals surface area contributed by atoms with Gasteiger partial charge in [0.1, 0.15) is 5.82 Å². The molecule has 4 N–H and O–H groups in total. The Bertz CT molecular complexity index is 1150. The van der Waals surface area contributed by atoms with E-state index in [2.05, 4.69) is 32.7 Å². The van der Waals surface area contributed by atoms with Gasteiger partial charge in [-0.2, -0.15) is 0 Å². The van der Waals surface area contributed by atoms with Crippen molar-refractivity contribution in [2.24, 2.45) is 5.73 Å². The van der Waals surface area contributed by atoms with Crippen LogP contribution in [0.15, 0.2) is 30.5 Å². The Kier molecular flexibility index (Phi) is 8.65. The van der Waals surface area contributed by atoms with Gasteiger partial charge < -0.3 is 31.1 Å². The summed E-state index contributed by atoms with van der Waals surface area (Å²) in [5.41, 5.74) is 7.67. The second kappa shape index (κ2) is 12.1. The van der Waals surface area contributed by atoms with E-state index in [4.69, 9.17) is 10.7 Å². The molecule has 0 aliphatic carbocycles. The van der Waals surface area contributed by atoms with E-state index in [-0.39, 0.29) is 23.7 Å². The number of nitrogens with zero attached hydrogens (tertiary/aromatic N) is 5. The van der Waals surface area contributed by atoms with Crippen LogP contribution in [-0.2, 0) is 4.79 Å². The predicted octanol–water partition coefficient (Wildman–Crippen LogP) is 2.68. The molecular weight excluding hydrogens is 484 g/mol. The number of nitrogens with two attached hydrogens (primary N) is 1. The Morgan fingerprint density at radius 3 is 2.45 bits per heavy atom. The molecule has 2 fully saturated rings. The van der Waals surface area contributed by atoms with Gasteiger partial charge in [-0.1, -0.05) is 19.1 Å². The largest absolute Gasteiger partial charge is 0.364 e. The van der Waals surface area contributed by atoms with Gasteiger partial charge in [0.15, 0.2) is 11.5 Å². The number of carbonyl (C=O) groups excluding carboxylic acids is 3. The number of anilines is 3. The van der Waals surface area contributed by atoms with Crippen molar-refractivity contribution in [3.8, 4) is 0 Å². The number of likely N-dealkylation sites (tertiary alicyclic amines) is 1. The van der Waals surface area contributed by atoms with Crippen LogP contribution in [0.1, 0.15) is 61.0 Å². The quantitative estimate of drug-likeness (QED) is 0.508. The van der Waals surface area contributed by atoms with Crippen molar-refractivity contribution >= 4 is 35.2 Å². The van der Waals surface area contributed by atoms with Gasteiger partial charge in [-0.05, 0) is 49.3 Å². The van der Waals surface area contributed by atoms with Crippen molar-refractivity contribution < 1.29 is 14.4 Å². The Labute approximate surface area is 223 Å². The molecule has 2 aliphatic heterocycles. The maximum absolute atomic E-state index is 12.1. The lowest BCUT2D eigenvalue weighted by atomic mass is 9.89. The maximum Gasteiger partial charge on any atom is 0.317 e. The number of rotatable bonds is 7. The Morgan fingerprint density at radius 2 is 1.82 bits per heavy atom. The van der Waals surface area contributed by atoms with Crippen LogP contribution in [-0.4, -0.2) is 83.9 Å². The molecule has 2 aliphatic rings. The fraction of sp³-hybridized carbons (Fsp3) is 0.519. The number of aromatic nitrogens is 2. The molecule has 3 heterocycles. The smallest absolute Gasteiger partial charge is 0.317 e. The number of likely N-dealkylation sites (N-methyl/N-ethyl adjacent to an activating group) is 1. The minimum Gasteiger partial charge on any atom is -0.364 e. The minimum absolute atomic E-state index is 0.0391. The summed E-state index contributed by atoms with van der Waals surface area (Å²) in [6.07, 6.45) is 5.81. The fourth-order valence-electron chi connectivity index (χ4n) is 5.28. The monoisotopic (exact) mass is 522 g/mol. The van der Waals surface area contributed by atoms with E-state index < -0.39 is 5.91 Å². The van der Waals surface area contributed by atoms with Crippen molar-refractivity contribution in [3.05, 3.63) is 41.7 Å². The molecule has 2 aromatic rings. The lowest BCUT2D eigenvalue weighted by molar-refractivity contribution is -0.131. The molecule has 38 heavy (non-hydrogen) atoms. The zero-order chi connectivity index (χ0) is 27.2. The van der Waals surface area contributed by atoms with Gasteiger partial charge in [0.2, 0.25) is 5.91 Å². The average molecular weight is 523 g/mol. The first-order valence-corrected chi connectivity index (χ1v) is 13.3. The molecule has 1 aromatic heterocycles. The van der Waals surface area contributed by atoms with E-state index in [9.17, 15) is 14.4 Å². The van der Waals surface area contributed by atoms with Gasteiger partial charge in [0.25, 0.3) is 5.91 Å². The number of piperidine rings is 2. The summed E-state index contributed by atoms with van der Waals surface area (Å²) in [7, 11) is 3.41. The zero-order valence-electron chi connectivity index (χ0n) is 22.4. The molecule has 0 unspecified atom stereocenters. The summed E-state index contributed by atoms with van der Waals surface area (Å²) in [6, 6.07) is 8.00. The molecule has 4 rings (SSSR count). The van der Waals surface area contributed by atoms with Crippen molar-refractivity contribution in [2.45, 2.75) is 51.0 Å². The molecule has 11 heteroatoms. The van der Waals surface area contributed by atoms with E-state index in [0.29, 0.717) is 30.5 Å². The van der Waals surface area contributed by atoms with Crippen LogP contribution in [0.4, 0.5) is 22.1 Å². The highest BCUT2D eigenvalue weighted by atomic mass is 16.2. The first kappa shape index (κ1) is 27.2. The van der Waals surface area contributed by atoms with Crippen LogP contribution < -0.4 is 21.3 Å². The summed E-state index contributed by atoms with van der Waals surface area (Å²) in [6.45, 7) is 4.87. The van der Waals surface area contributed by atoms with Gasteiger partial charge in [-0.15, -0.1) is 0 Å². The van der Waals surface area contributed by atoms with Gasteiger partial charge >= 0.3 is 6.03 Å². The zero-order valence-corrected chi connectivity index (χ0v) is 22.4. The lowest BCUT2D eigenvalue weighted by Gasteiger charge is -2.38. The van der Waals surface area contributed by atoms with E-state index in [0.717, 1.165) is 51.0 Å². The van der Waals surface area contributed by atoms with E-state index in [1.807, 2.05) is 24.0 Å². The first-order chi connectivity index (χ1) is 18.3. The Balaban J connectivity index is 1.46. The summed E-state index contributed by atoms with van der Waals surface area (Å²) < 4.78 is 0. The van der Waals surface area contributed by atoms with Gasteiger partial charge in [-0.3, -0.25) is 9.59 Å². The lowest BCUT2D eigenvalue weighted by Crippen LogP contribution is -2.51. The Morgan fingerprint density at radius 1 is 1.11 bits per heavy atom. The van der Waals surface area contributed by atoms with Gasteiger partial charge in [0.05, 0.1) is 12.2 Å². The third-order valence-electron chi connectivity index (χ3n) is 7.59. The van der Waals surface area contributed by atoms with Crippen LogP contribution in [0, 0.1) is 0 Å². The van der Waals surface area contributed by atoms with Crippen molar-refractivity contribution in [1.29, 1.82) is 0 Å². The molecule has 0 saturated carbocycles. The summed E-state index contributed by atoms with van der Waals surface area (Å²) in [5, 5.41) is 5.90.